The molecule has 2 heterocycles. The van der Waals surface area contributed by atoms with Crippen molar-refractivity contribution in [1.29, 1.82) is 0 Å². The molecule has 6 aromatic rings. The van der Waals surface area contributed by atoms with E-state index < -0.39 is 0 Å². The molecule has 0 radical (unpaired) electrons. The Labute approximate surface area is 222 Å². The summed E-state index contributed by atoms with van der Waals surface area (Å²) in [5.41, 5.74) is 5.57. The van der Waals surface area contributed by atoms with Gasteiger partial charge in [-0.2, -0.15) is 0 Å². The molecule has 4 aromatic carbocycles. The molecule has 0 aliphatic heterocycles. The van der Waals surface area contributed by atoms with Crippen LogP contribution in [0.4, 0.5) is 0 Å². The van der Waals surface area contributed by atoms with E-state index >= 15 is 0 Å². The van der Waals surface area contributed by atoms with Crippen LogP contribution in [0.1, 0.15) is 29.6 Å². The van der Waals surface area contributed by atoms with Crippen molar-refractivity contribution in [1.82, 2.24) is 9.13 Å². The second kappa shape index (κ2) is 10.5. The summed E-state index contributed by atoms with van der Waals surface area (Å²) in [6, 6.07) is 33.1. The number of nitrogens with zero attached hydrogens (tertiary/aromatic N) is 3. The normalized spacial score (nSPS) is 11.5. The first-order chi connectivity index (χ1) is 18.7. The van der Waals surface area contributed by atoms with Crippen LogP contribution in [-0.4, -0.2) is 22.0 Å². The predicted molar refractivity (Wildman–Crippen MR) is 153 cm³/mol. The lowest BCUT2D eigenvalue weighted by molar-refractivity contribution is -0.658. The van der Waals surface area contributed by atoms with E-state index in [2.05, 4.69) is 86.8 Å². The summed E-state index contributed by atoms with van der Waals surface area (Å²) < 4.78 is 12.0. The fraction of sp³-hybridized carbons (Fsp3) is 0.212. The lowest BCUT2D eigenvalue weighted by atomic mass is 10.1. The van der Waals surface area contributed by atoms with Crippen molar-refractivity contribution < 1.29 is 14.1 Å². The van der Waals surface area contributed by atoms with E-state index in [1.54, 1.807) is 7.11 Å². The Balaban J connectivity index is 1.13. The number of fused-ring (bicyclic) bond motifs is 4. The van der Waals surface area contributed by atoms with Gasteiger partial charge in [0.2, 0.25) is 12.1 Å². The molecule has 0 amide bonds. The molecule has 5 heteroatoms. The van der Waals surface area contributed by atoms with E-state index in [1.165, 1.54) is 21.8 Å². The Morgan fingerprint density at radius 1 is 0.711 bits per heavy atom. The number of para-hydroxylation sites is 4. The zero-order chi connectivity index (χ0) is 25.9. The number of ether oxygens (including phenoxy) is 1. The van der Waals surface area contributed by atoms with Crippen molar-refractivity contribution in [2.45, 2.75) is 38.9 Å². The number of unbranched alkanes of at least 4 members (excludes halogenated alkanes) is 2. The third-order valence-corrected chi connectivity index (χ3v) is 7.47. The average Bonchev–Trinajstić information content (AvgIpc) is 3.48. The minimum atomic E-state index is 0.0896. The Morgan fingerprint density at radius 2 is 1.32 bits per heavy atom. The van der Waals surface area contributed by atoms with E-state index in [0.29, 0.717) is 12.1 Å². The second-order valence-corrected chi connectivity index (χ2v) is 9.82. The Kier molecular flexibility index (Phi) is 6.65. The summed E-state index contributed by atoms with van der Waals surface area (Å²) in [7, 11) is 1.63. The lowest BCUT2D eigenvalue weighted by Crippen LogP contribution is -2.36. The van der Waals surface area contributed by atoms with Crippen molar-refractivity contribution in [2.75, 3.05) is 7.11 Å². The highest BCUT2D eigenvalue weighted by molar-refractivity contribution is 6.07. The number of Topliss-reactive ketones (excluding diaryl/α,β-unsaturated/α-hetero) is 1. The van der Waals surface area contributed by atoms with Crippen molar-refractivity contribution in [3.63, 3.8) is 0 Å². The third-order valence-electron chi connectivity index (χ3n) is 7.47. The van der Waals surface area contributed by atoms with Crippen molar-refractivity contribution in [3.05, 3.63) is 109 Å². The smallest absolute Gasteiger partial charge is 0.245 e. The number of hydrogen-bond donors (Lipinski definition) is 0. The summed E-state index contributed by atoms with van der Waals surface area (Å²) in [6.07, 6.45) is 5.44. The van der Waals surface area contributed by atoms with Crippen molar-refractivity contribution in [3.8, 4) is 5.75 Å². The fourth-order valence-electron chi connectivity index (χ4n) is 5.54. The molecular weight excluding hydrogens is 470 g/mol. The van der Waals surface area contributed by atoms with Gasteiger partial charge < -0.3 is 9.30 Å². The summed E-state index contributed by atoms with van der Waals surface area (Å²) in [5.74, 6) is 0.843. The molecule has 0 aliphatic rings. The average molecular weight is 503 g/mol. The first-order valence-electron chi connectivity index (χ1n) is 13.3. The molecule has 6 rings (SSSR count). The molecule has 0 spiro atoms. The van der Waals surface area contributed by atoms with Crippen LogP contribution in [0.2, 0.25) is 0 Å². The number of ketones is 1. The van der Waals surface area contributed by atoms with E-state index in [-0.39, 0.29) is 5.78 Å². The summed E-state index contributed by atoms with van der Waals surface area (Å²) in [4.78, 5) is 13.0. The monoisotopic (exact) mass is 502 g/mol. The number of rotatable bonds is 10. The Morgan fingerprint density at radius 3 is 2.00 bits per heavy atom. The molecule has 5 nitrogen and oxygen atoms in total. The number of methoxy groups -OCH3 is 1. The van der Waals surface area contributed by atoms with Crippen LogP contribution in [0.3, 0.4) is 0 Å². The van der Waals surface area contributed by atoms with E-state index in [9.17, 15) is 4.79 Å². The van der Waals surface area contributed by atoms with Gasteiger partial charge in [-0.25, -0.2) is 9.13 Å². The van der Waals surface area contributed by atoms with Gasteiger partial charge in [0.15, 0.2) is 17.6 Å². The van der Waals surface area contributed by atoms with Gasteiger partial charge in [0, 0.05) is 33.9 Å². The highest BCUT2D eigenvalue weighted by Gasteiger charge is 2.18. The number of benzene rings is 4. The summed E-state index contributed by atoms with van der Waals surface area (Å²) in [5, 5.41) is 2.66. The molecule has 0 bridgehead atoms. The number of imidazole rings is 1. The predicted octanol–water partition coefficient (Wildman–Crippen LogP) is 6.80. The highest BCUT2D eigenvalue weighted by atomic mass is 16.5. The Bertz CT molecular complexity index is 1670. The number of carbonyl (C=O) groups is 1. The van der Waals surface area contributed by atoms with Gasteiger partial charge in [-0.1, -0.05) is 48.5 Å². The standard InChI is InChI=1S/C33H32N3O2/c1-38-26-19-17-25(18-20-26)33(37)23-35-24-34(31-15-7-8-16-32(31)35)21-9-2-10-22-36-29-13-5-3-11-27(29)28-12-4-6-14-30(28)36/h3-8,11-20,24H,2,9-10,21-23H2,1H3/q+1. The number of carbonyl (C=O) groups excluding carboxylic acids is 1. The molecule has 0 saturated heterocycles. The number of aryl methyl sites for hydroxylation is 2. The highest BCUT2D eigenvalue weighted by Crippen LogP contribution is 2.29. The molecule has 0 unspecified atom stereocenters. The first kappa shape index (κ1) is 24.0. The topological polar surface area (TPSA) is 40.0 Å². The largest absolute Gasteiger partial charge is 0.497 e. The maximum atomic E-state index is 13.0. The van der Waals surface area contributed by atoms with Gasteiger partial charge in [-0.05, 0) is 67.8 Å². The van der Waals surface area contributed by atoms with E-state index in [0.717, 1.165) is 49.1 Å². The Hall–Kier alpha value is -4.38. The molecule has 190 valence electrons. The third kappa shape index (κ3) is 4.56. The molecule has 2 aromatic heterocycles. The summed E-state index contributed by atoms with van der Waals surface area (Å²) >= 11 is 0. The van der Waals surface area contributed by atoms with Gasteiger partial charge in [0.1, 0.15) is 5.75 Å². The molecule has 0 atom stereocenters. The van der Waals surface area contributed by atoms with Gasteiger partial charge in [0.05, 0.1) is 13.7 Å². The number of aromatic nitrogens is 3. The van der Waals surface area contributed by atoms with Crippen LogP contribution < -0.4 is 9.30 Å². The van der Waals surface area contributed by atoms with Crippen LogP contribution in [0.5, 0.6) is 5.75 Å². The minimum absolute atomic E-state index is 0.0896. The molecule has 0 saturated carbocycles. The van der Waals surface area contributed by atoms with Gasteiger partial charge >= 0.3 is 0 Å². The lowest BCUT2D eigenvalue weighted by Gasteiger charge is -2.07. The maximum Gasteiger partial charge on any atom is 0.245 e. The van der Waals surface area contributed by atoms with E-state index in [1.807, 2.05) is 30.3 Å². The maximum absolute atomic E-state index is 13.0. The van der Waals surface area contributed by atoms with Crippen LogP contribution >= 0.6 is 0 Å². The second-order valence-electron chi connectivity index (χ2n) is 9.82. The zero-order valence-electron chi connectivity index (χ0n) is 21.7. The molecule has 38 heavy (non-hydrogen) atoms. The van der Waals surface area contributed by atoms with Crippen LogP contribution in [0.25, 0.3) is 32.8 Å². The minimum Gasteiger partial charge on any atom is -0.497 e. The van der Waals surface area contributed by atoms with Gasteiger partial charge in [-0.3, -0.25) is 4.79 Å². The SMILES string of the molecule is COc1ccc(C(=O)C[n+]2cn(CCCCCn3c4ccccc4c4ccccc43)c3ccccc32)cc1. The van der Waals surface area contributed by atoms with Crippen molar-refractivity contribution in [2.24, 2.45) is 0 Å². The van der Waals surface area contributed by atoms with Gasteiger partial charge in [0.25, 0.3) is 0 Å². The molecular formula is C33H32N3O2+. The first-order valence-corrected chi connectivity index (χ1v) is 13.3. The van der Waals surface area contributed by atoms with Crippen LogP contribution in [0.15, 0.2) is 103 Å². The van der Waals surface area contributed by atoms with Crippen LogP contribution in [-0.2, 0) is 19.6 Å². The molecule has 0 fully saturated rings. The fourth-order valence-corrected chi connectivity index (χ4v) is 5.54. The van der Waals surface area contributed by atoms with Crippen molar-refractivity contribution >= 4 is 38.6 Å². The van der Waals surface area contributed by atoms with Gasteiger partial charge in [-0.15, -0.1) is 0 Å². The number of hydrogen-bond acceptors (Lipinski definition) is 2. The molecule has 0 aliphatic carbocycles. The van der Waals surface area contributed by atoms with Crippen LogP contribution in [0, 0.1) is 0 Å². The zero-order valence-corrected chi connectivity index (χ0v) is 21.7. The van der Waals surface area contributed by atoms with E-state index in [4.69, 9.17) is 4.74 Å². The molecule has 0 N–H and O–H groups in total. The quantitative estimate of drug-likeness (QED) is 0.117. The summed E-state index contributed by atoms with van der Waals surface area (Å²) in [6.45, 7) is 2.25.